The van der Waals surface area contributed by atoms with E-state index < -0.39 is 0 Å². The number of thioether (sulfide) groups is 1. The first-order chi connectivity index (χ1) is 11.6. The molecule has 2 heterocycles. The molecule has 124 valence electrons. The Morgan fingerprint density at radius 2 is 2.12 bits per heavy atom. The number of hydrogen-bond acceptors (Lipinski definition) is 5. The second kappa shape index (κ2) is 7.29. The van der Waals surface area contributed by atoms with Gasteiger partial charge in [-0.25, -0.2) is 0 Å². The third kappa shape index (κ3) is 3.58. The number of carbonyl (C=O) groups excluding carboxylic acids is 1. The van der Waals surface area contributed by atoms with Crippen LogP contribution in [0.25, 0.3) is 11.6 Å². The summed E-state index contributed by atoms with van der Waals surface area (Å²) in [7, 11) is 1.81. The molecule has 0 fully saturated rings. The SMILES string of the molecule is Cn1c(SCC(=O)Nc2cccc(Cl)c2Cl)nnc1-c1ccco1. The van der Waals surface area contributed by atoms with E-state index in [-0.39, 0.29) is 11.7 Å². The molecule has 3 aromatic rings. The molecule has 3 rings (SSSR count). The number of benzene rings is 1. The summed E-state index contributed by atoms with van der Waals surface area (Å²) in [6.07, 6.45) is 1.57. The Kier molecular flexibility index (Phi) is 5.13. The van der Waals surface area contributed by atoms with Crippen LogP contribution in [-0.4, -0.2) is 26.4 Å². The molecule has 0 unspecified atom stereocenters. The van der Waals surface area contributed by atoms with Crippen molar-refractivity contribution in [3.63, 3.8) is 0 Å². The highest BCUT2D eigenvalue weighted by Crippen LogP contribution is 2.30. The first-order valence-corrected chi connectivity index (χ1v) is 8.60. The van der Waals surface area contributed by atoms with Gasteiger partial charge in [0, 0.05) is 7.05 Å². The average Bonchev–Trinajstić information content (AvgIpc) is 3.19. The van der Waals surface area contributed by atoms with Crippen LogP contribution in [0.15, 0.2) is 46.2 Å². The van der Waals surface area contributed by atoms with Crippen molar-refractivity contribution in [3.05, 3.63) is 46.6 Å². The molecule has 0 aliphatic rings. The lowest BCUT2D eigenvalue weighted by Gasteiger charge is -2.07. The number of anilines is 1. The molecule has 0 radical (unpaired) electrons. The fraction of sp³-hybridized carbons (Fsp3) is 0.133. The Labute approximate surface area is 152 Å². The Morgan fingerprint density at radius 1 is 1.29 bits per heavy atom. The van der Waals surface area contributed by atoms with Crippen molar-refractivity contribution >= 4 is 46.6 Å². The van der Waals surface area contributed by atoms with E-state index in [0.29, 0.717) is 32.5 Å². The van der Waals surface area contributed by atoms with E-state index >= 15 is 0 Å². The number of furan rings is 1. The second-order valence-electron chi connectivity index (χ2n) is 4.78. The number of hydrogen-bond donors (Lipinski definition) is 1. The summed E-state index contributed by atoms with van der Waals surface area (Å²) in [5, 5.41) is 12.2. The first kappa shape index (κ1) is 16.9. The molecule has 0 spiro atoms. The van der Waals surface area contributed by atoms with Gasteiger partial charge >= 0.3 is 0 Å². The number of carbonyl (C=O) groups is 1. The molecule has 1 amide bonds. The summed E-state index contributed by atoms with van der Waals surface area (Å²) < 4.78 is 7.07. The lowest BCUT2D eigenvalue weighted by Crippen LogP contribution is -2.14. The van der Waals surface area contributed by atoms with Gasteiger partial charge in [-0.15, -0.1) is 10.2 Å². The van der Waals surface area contributed by atoms with Crippen molar-refractivity contribution in [2.24, 2.45) is 7.05 Å². The van der Waals surface area contributed by atoms with Gasteiger partial charge in [0.15, 0.2) is 16.7 Å². The zero-order valence-electron chi connectivity index (χ0n) is 12.5. The summed E-state index contributed by atoms with van der Waals surface area (Å²) in [6.45, 7) is 0. The Balaban J connectivity index is 1.64. The van der Waals surface area contributed by atoms with Gasteiger partial charge in [-0.05, 0) is 24.3 Å². The summed E-state index contributed by atoms with van der Waals surface area (Å²) in [4.78, 5) is 12.1. The molecule has 0 saturated carbocycles. The highest BCUT2D eigenvalue weighted by Gasteiger charge is 2.15. The van der Waals surface area contributed by atoms with E-state index in [0.717, 1.165) is 0 Å². The Morgan fingerprint density at radius 3 is 2.88 bits per heavy atom. The van der Waals surface area contributed by atoms with Crippen LogP contribution in [0.5, 0.6) is 0 Å². The maximum atomic E-state index is 12.1. The Bertz CT molecular complexity index is 864. The van der Waals surface area contributed by atoms with Gasteiger partial charge in [-0.3, -0.25) is 4.79 Å². The fourth-order valence-electron chi connectivity index (χ4n) is 1.98. The summed E-state index contributed by atoms with van der Waals surface area (Å²) >= 11 is 13.2. The van der Waals surface area contributed by atoms with Crippen molar-refractivity contribution in [2.45, 2.75) is 5.16 Å². The highest BCUT2D eigenvalue weighted by molar-refractivity contribution is 7.99. The van der Waals surface area contributed by atoms with Gasteiger partial charge in [0.1, 0.15) is 0 Å². The number of aromatic nitrogens is 3. The van der Waals surface area contributed by atoms with E-state index in [4.69, 9.17) is 27.6 Å². The first-order valence-electron chi connectivity index (χ1n) is 6.86. The van der Waals surface area contributed by atoms with E-state index in [1.165, 1.54) is 11.8 Å². The van der Waals surface area contributed by atoms with Gasteiger partial charge in [0.2, 0.25) is 5.91 Å². The lowest BCUT2D eigenvalue weighted by atomic mass is 10.3. The van der Waals surface area contributed by atoms with Gasteiger partial charge in [0.25, 0.3) is 0 Å². The largest absolute Gasteiger partial charge is 0.461 e. The lowest BCUT2D eigenvalue weighted by molar-refractivity contribution is -0.113. The molecule has 1 N–H and O–H groups in total. The number of rotatable bonds is 5. The summed E-state index contributed by atoms with van der Waals surface area (Å²) in [5.74, 6) is 1.16. The number of nitrogens with one attached hydrogen (secondary N) is 1. The maximum absolute atomic E-state index is 12.1. The van der Waals surface area contributed by atoms with Crippen molar-refractivity contribution in [1.82, 2.24) is 14.8 Å². The minimum absolute atomic E-state index is 0.160. The van der Waals surface area contributed by atoms with Crippen LogP contribution in [0.3, 0.4) is 0 Å². The van der Waals surface area contributed by atoms with Crippen LogP contribution < -0.4 is 5.32 Å². The van der Waals surface area contributed by atoms with E-state index in [1.807, 2.05) is 7.05 Å². The van der Waals surface area contributed by atoms with Gasteiger partial charge < -0.3 is 14.3 Å². The van der Waals surface area contributed by atoms with Crippen LogP contribution in [0.4, 0.5) is 5.69 Å². The van der Waals surface area contributed by atoms with Crippen molar-refractivity contribution in [2.75, 3.05) is 11.1 Å². The molecule has 24 heavy (non-hydrogen) atoms. The maximum Gasteiger partial charge on any atom is 0.234 e. The van der Waals surface area contributed by atoms with Crippen molar-refractivity contribution < 1.29 is 9.21 Å². The van der Waals surface area contributed by atoms with Crippen LogP contribution in [0.2, 0.25) is 10.0 Å². The van der Waals surface area contributed by atoms with Crippen molar-refractivity contribution in [3.8, 4) is 11.6 Å². The molecule has 0 aliphatic heterocycles. The van der Waals surface area contributed by atoms with Gasteiger partial charge in [-0.1, -0.05) is 41.0 Å². The van der Waals surface area contributed by atoms with Crippen LogP contribution in [-0.2, 0) is 11.8 Å². The number of halogens is 2. The van der Waals surface area contributed by atoms with Crippen molar-refractivity contribution in [1.29, 1.82) is 0 Å². The summed E-state index contributed by atoms with van der Waals surface area (Å²) in [5.41, 5.74) is 0.476. The molecule has 0 bridgehead atoms. The zero-order valence-corrected chi connectivity index (χ0v) is 14.8. The minimum atomic E-state index is -0.216. The van der Waals surface area contributed by atoms with E-state index in [2.05, 4.69) is 15.5 Å². The van der Waals surface area contributed by atoms with E-state index in [1.54, 1.807) is 41.2 Å². The smallest absolute Gasteiger partial charge is 0.234 e. The normalized spacial score (nSPS) is 10.8. The highest BCUT2D eigenvalue weighted by atomic mass is 35.5. The van der Waals surface area contributed by atoms with Gasteiger partial charge in [-0.2, -0.15) is 0 Å². The molecule has 0 saturated heterocycles. The Hall–Kier alpha value is -1.96. The molecule has 0 atom stereocenters. The molecular formula is C15H12Cl2N4O2S. The van der Waals surface area contributed by atoms with Gasteiger partial charge in [0.05, 0.1) is 27.7 Å². The van der Waals surface area contributed by atoms with Crippen LogP contribution >= 0.6 is 35.0 Å². The molecule has 1 aromatic carbocycles. The molecule has 0 aliphatic carbocycles. The monoisotopic (exact) mass is 382 g/mol. The molecule has 2 aromatic heterocycles. The molecular weight excluding hydrogens is 371 g/mol. The van der Waals surface area contributed by atoms with E-state index in [9.17, 15) is 4.79 Å². The predicted octanol–water partition coefficient (Wildman–Crippen LogP) is 4.11. The topological polar surface area (TPSA) is 73.0 Å². The third-order valence-electron chi connectivity index (χ3n) is 3.13. The fourth-order valence-corrected chi connectivity index (χ4v) is 3.04. The molecule has 6 nitrogen and oxygen atoms in total. The standard InChI is InChI=1S/C15H12Cl2N4O2S/c1-21-14(11-6-3-7-23-11)19-20-15(21)24-8-12(22)18-10-5-2-4-9(16)13(10)17/h2-7H,8H2,1H3,(H,18,22). The number of amides is 1. The number of nitrogens with zero attached hydrogens (tertiary/aromatic N) is 3. The quantitative estimate of drug-likeness (QED) is 0.672. The van der Waals surface area contributed by atoms with Crippen LogP contribution in [0.1, 0.15) is 0 Å². The third-order valence-corrected chi connectivity index (χ3v) is 4.97. The average molecular weight is 383 g/mol. The second-order valence-corrected chi connectivity index (χ2v) is 6.51. The predicted molar refractivity (Wildman–Crippen MR) is 94.5 cm³/mol. The minimum Gasteiger partial charge on any atom is -0.461 e. The van der Waals surface area contributed by atoms with Crippen LogP contribution in [0, 0.1) is 0 Å². The summed E-state index contributed by atoms with van der Waals surface area (Å²) in [6, 6.07) is 8.64. The zero-order chi connectivity index (χ0) is 17.1. The molecule has 9 heteroatoms.